The molecule has 3 N–H and O–H groups in total. The van der Waals surface area contributed by atoms with Gasteiger partial charge in [0.15, 0.2) is 0 Å². The Morgan fingerprint density at radius 2 is 1.82 bits per heavy atom. The zero-order valence-electron chi connectivity index (χ0n) is 14.4. The van der Waals surface area contributed by atoms with Gasteiger partial charge in [0, 0.05) is 11.5 Å². The maximum atomic E-state index is 12.6. The van der Waals surface area contributed by atoms with Crippen LogP contribution in [-0.4, -0.2) is 28.9 Å². The number of carbonyl (C=O) groups excluding carboxylic acids is 1. The third-order valence-electron chi connectivity index (χ3n) is 4.10. The van der Waals surface area contributed by atoms with Crippen LogP contribution in [0.3, 0.4) is 0 Å². The monoisotopic (exact) mass is 402 g/mol. The normalized spacial score (nSPS) is 11.4. The zero-order chi connectivity index (χ0) is 20.6. The Morgan fingerprint density at radius 1 is 1.11 bits per heavy atom. The summed E-state index contributed by atoms with van der Waals surface area (Å²) in [6, 6.07) is 10.3. The number of hydrogen-bond donors (Lipinski definition) is 3. The average molecular weight is 402 g/mol. The van der Waals surface area contributed by atoms with E-state index in [2.05, 4.69) is 5.32 Å². The standard InChI is InChI=1S/C18H14N2O7S/c1-10-2-5-14(15(8-10)20(23)24)18(22)19-17-13-6-4-12(28(25,26)27)9-11(13)3-7-16(17)21/h2-9,21H,1H3,(H,19,22)(H,25,26,27). The van der Waals surface area contributed by atoms with E-state index in [0.717, 1.165) is 6.07 Å². The van der Waals surface area contributed by atoms with Crippen molar-refractivity contribution in [2.75, 3.05) is 5.32 Å². The molecule has 0 aliphatic rings. The second kappa shape index (κ2) is 6.91. The molecule has 0 atom stereocenters. The smallest absolute Gasteiger partial charge is 0.294 e. The van der Waals surface area contributed by atoms with Crippen molar-refractivity contribution >= 4 is 38.2 Å². The van der Waals surface area contributed by atoms with E-state index < -0.39 is 20.9 Å². The molecule has 0 bridgehead atoms. The molecule has 0 saturated carbocycles. The Labute approximate surface area is 159 Å². The Morgan fingerprint density at radius 3 is 2.46 bits per heavy atom. The second-order valence-electron chi connectivity index (χ2n) is 6.05. The summed E-state index contributed by atoms with van der Waals surface area (Å²) in [7, 11) is -4.43. The van der Waals surface area contributed by atoms with E-state index in [4.69, 9.17) is 4.55 Å². The minimum absolute atomic E-state index is 0.0424. The molecule has 0 fully saturated rings. The summed E-state index contributed by atoms with van der Waals surface area (Å²) in [6.07, 6.45) is 0. The van der Waals surface area contributed by atoms with Crippen molar-refractivity contribution in [1.29, 1.82) is 0 Å². The number of phenols is 1. The third kappa shape index (κ3) is 3.63. The first-order chi connectivity index (χ1) is 13.1. The predicted octanol–water partition coefficient (Wildman–Crippen LogP) is 3.26. The number of aromatic hydroxyl groups is 1. The Hall–Kier alpha value is -3.50. The van der Waals surface area contributed by atoms with Crippen LogP contribution in [0.15, 0.2) is 53.4 Å². The molecule has 144 valence electrons. The maximum Gasteiger partial charge on any atom is 0.294 e. The van der Waals surface area contributed by atoms with Crippen LogP contribution in [-0.2, 0) is 10.1 Å². The highest BCUT2D eigenvalue weighted by molar-refractivity contribution is 7.85. The van der Waals surface area contributed by atoms with Crippen LogP contribution in [0.2, 0.25) is 0 Å². The maximum absolute atomic E-state index is 12.6. The molecule has 3 aromatic rings. The van der Waals surface area contributed by atoms with E-state index in [1.54, 1.807) is 13.0 Å². The lowest BCUT2D eigenvalue weighted by atomic mass is 10.1. The minimum Gasteiger partial charge on any atom is -0.506 e. The Kier molecular flexibility index (Phi) is 4.75. The first-order valence-corrected chi connectivity index (χ1v) is 9.31. The van der Waals surface area contributed by atoms with Gasteiger partial charge in [-0.1, -0.05) is 18.2 Å². The van der Waals surface area contributed by atoms with Gasteiger partial charge in [0.2, 0.25) is 0 Å². The van der Waals surface area contributed by atoms with Gasteiger partial charge >= 0.3 is 0 Å². The lowest BCUT2D eigenvalue weighted by Crippen LogP contribution is -2.14. The van der Waals surface area contributed by atoms with Crippen molar-refractivity contribution in [3.8, 4) is 5.75 Å². The summed E-state index contributed by atoms with van der Waals surface area (Å²) < 4.78 is 31.7. The molecule has 0 aliphatic heterocycles. The highest BCUT2D eigenvalue weighted by atomic mass is 32.2. The van der Waals surface area contributed by atoms with Gasteiger partial charge in [-0.2, -0.15) is 8.42 Å². The number of benzene rings is 3. The number of nitrogens with zero attached hydrogens (tertiary/aromatic N) is 1. The number of anilines is 1. The van der Waals surface area contributed by atoms with E-state index in [-0.39, 0.29) is 33.0 Å². The molecule has 0 heterocycles. The molecule has 0 aliphatic carbocycles. The first kappa shape index (κ1) is 19.3. The fourth-order valence-electron chi connectivity index (χ4n) is 2.75. The number of nitrogens with one attached hydrogen (secondary N) is 1. The molecule has 9 nitrogen and oxygen atoms in total. The van der Waals surface area contributed by atoms with Crippen LogP contribution in [0.1, 0.15) is 15.9 Å². The molecule has 3 aromatic carbocycles. The molecule has 0 unspecified atom stereocenters. The molecule has 0 saturated heterocycles. The van der Waals surface area contributed by atoms with E-state index in [1.807, 2.05) is 0 Å². The molecular weight excluding hydrogens is 388 g/mol. The van der Waals surface area contributed by atoms with E-state index >= 15 is 0 Å². The number of nitro groups is 1. The summed E-state index contributed by atoms with van der Waals surface area (Å²) in [4.78, 5) is 22.8. The van der Waals surface area contributed by atoms with E-state index in [9.17, 15) is 28.4 Å². The topological polar surface area (TPSA) is 147 Å². The number of aryl methyl sites for hydroxylation is 1. The van der Waals surface area contributed by atoms with Gasteiger partial charge in [-0.3, -0.25) is 19.5 Å². The zero-order valence-corrected chi connectivity index (χ0v) is 15.2. The highest BCUT2D eigenvalue weighted by Crippen LogP contribution is 2.34. The molecular formula is C18H14N2O7S. The lowest BCUT2D eigenvalue weighted by molar-refractivity contribution is -0.385. The summed E-state index contributed by atoms with van der Waals surface area (Å²) in [5.74, 6) is -1.12. The lowest BCUT2D eigenvalue weighted by Gasteiger charge is -2.12. The van der Waals surface area contributed by atoms with Crippen LogP contribution in [0.5, 0.6) is 5.75 Å². The molecule has 0 radical (unpaired) electrons. The molecule has 3 rings (SSSR count). The number of carbonyl (C=O) groups is 1. The number of hydrogen-bond acceptors (Lipinski definition) is 6. The number of fused-ring (bicyclic) bond motifs is 1. The van der Waals surface area contributed by atoms with Crippen molar-refractivity contribution in [3.05, 3.63) is 69.8 Å². The van der Waals surface area contributed by atoms with Crippen molar-refractivity contribution in [2.24, 2.45) is 0 Å². The van der Waals surface area contributed by atoms with Crippen molar-refractivity contribution in [2.45, 2.75) is 11.8 Å². The summed E-state index contributed by atoms with van der Waals surface area (Å²) in [5, 5.41) is 24.4. The first-order valence-electron chi connectivity index (χ1n) is 7.87. The molecule has 0 aromatic heterocycles. The van der Waals surface area contributed by atoms with Crippen molar-refractivity contribution < 1.29 is 27.8 Å². The van der Waals surface area contributed by atoms with Crippen LogP contribution in [0.4, 0.5) is 11.4 Å². The molecule has 1 amide bonds. The van der Waals surface area contributed by atoms with E-state index in [0.29, 0.717) is 10.9 Å². The summed E-state index contributed by atoms with van der Waals surface area (Å²) in [5.41, 5.74) is -0.0132. The number of rotatable bonds is 4. The number of nitro benzene ring substituents is 1. The fraction of sp³-hybridized carbons (Fsp3) is 0.0556. The number of amides is 1. The van der Waals surface area contributed by atoms with Gasteiger partial charge in [0.25, 0.3) is 21.7 Å². The predicted molar refractivity (Wildman–Crippen MR) is 101 cm³/mol. The minimum atomic E-state index is -4.43. The van der Waals surface area contributed by atoms with Gasteiger partial charge in [-0.05, 0) is 42.1 Å². The molecule has 28 heavy (non-hydrogen) atoms. The largest absolute Gasteiger partial charge is 0.506 e. The van der Waals surface area contributed by atoms with Gasteiger partial charge in [0.1, 0.15) is 11.3 Å². The van der Waals surface area contributed by atoms with Crippen LogP contribution >= 0.6 is 0 Å². The average Bonchev–Trinajstić information content (AvgIpc) is 2.62. The van der Waals surface area contributed by atoms with Gasteiger partial charge in [-0.15, -0.1) is 0 Å². The van der Waals surface area contributed by atoms with Crippen LogP contribution < -0.4 is 5.32 Å². The van der Waals surface area contributed by atoms with Crippen molar-refractivity contribution in [1.82, 2.24) is 0 Å². The summed E-state index contributed by atoms with van der Waals surface area (Å²) >= 11 is 0. The Bertz CT molecular complexity index is 1240. The molecule has 10 heteroatoms. The SMILES string of the molecule is Cc1ccc(C(=O)Nc2c(O)ccc3cc(S(=O)(=O)O)ccc23)c([N+](=O)[O-])c1. The number of phenolic OH excluding ortho intramolecular Hbond substituents is 1. The summed E-state index contributed by atoms with van der Waals surface area (Å²) in [6.45, 7) is 1.65. The quantitative estimate of drug-likeness (QED) is 0.263. The van der Waals surface area contributed by atoms with Gasteiger partial charge in [-0.25, -0.2) is 0 Å². The fourth-order valence-corrected chi connectivity index (χ4v) is 3.27. The van der Waals surface area contributed by atoms with Gasteiger partial charge in [0.05, 0.1) is 15.5 Å². The van der Waals surface area contributed by atoms with Crippen molar-refractivity contribution in [3.63, 3.8) is 0 Å². The highest BCUT2D eigenvalue weighted by Gasteiger charge is 2.22. The van der Waals surface area contributed by atoms with Gasteiger partial charge < -0.3 is 10.4 Å². The van der Waals surface area contributed by atoms with Crippen LogP contribution in [0, 0.1) is 17.0 Å². The Balaban J connectivity index is 2.09. The second-order valence-corrected chi connectivity index (χ2v) is 7.47. The van der Waals surface area contributed by atoms with E-state index in [1.165, 1.54) is 36.4 Å². The third-order valence-corrected chi connectivity index (χ3v) is 4.95. The van der Waals surface area contributed by atoms with Crippen LogP contribution in [0.25, 0.3) is 10.8 Å². The molecule has 0 spiro atoms.